The predicted molar refractivity (Wildman–Crippen MR) is 191 cm³/mol. The molecule has 9 nitrogen and oxygen atoms in total. The molecule has 12 heteroatoms. The van der Waals surface area contributed by atoms with Gasteiger partial charge in [0, 0.05) is 60.3 Å². The van der Waals surface area contributed by atoms with Gasteiger partial charge < -0.3 is 10.1 Å². The third-order valence-electron chi connectivity index (χ3n) is 8.92. The third-order valence-corrected chi connectivity index (χ3v) is 9.50. The Labute approximate surface area is 296 Å². The molecule has 1 atom stereocenters. The summed E-state index contributed by atoms with van der Waals surface area (Å²) in [4.78, 5) is 11.6. The molecule has 3 aromatic heterocycles. The lowest BCUT2D eigenvalue weighted by Crippen LogP contribution is -2.46. The van der Waals surface area contributed by atoms with Gasteiger partial charge in [-0.15, -0.1) is 5.10 Å². The van der Waals surface area contributed by atoms with E-state index in [1.165, 1.54) is 18.3 Å². The summed E-state index contributed by atoms with van der Waals surface area (Å²) >= 11 is 12.9. The Bertz CT molecular complexity index is 1990. The fourth-order valence-corrected chi connectivity index (χ4v) is 6.81. The zero-order chi connectivity index (χ0) is 34.9. The van der Waals surface area contributed by atoms with Gasteiger partial charge in [-0.2, -0.15) is 5.26 Å². The monoisotopic (exact) mass is 700 g/mol. The number of hydrogen-bond acceptors (Lipinski definition) is 8. The van der Waals surface area contributed by atoms with Crippen LogP contribution < -0.4 is 10.1 Å². The van der Waals surface area contributed by atoms with Crippen molar-refractivity contribution in [3.8, 4) is 11.9 Å². The van der Waals surface area contributed by atoms with Crippen LogP contribution in [0.2, 0.25) is 10.0 Å². The maximum atomic E-state index is 13.9. The summed E-state index contributed by atoms with van der Waals surface area (Å²) in [6, 6.07) is 14.5. The van der Waals surface area contributed by atoms with Crippen molar-refractivity contribution in [1.29, 1.82) is 5.26 Å². The number of nitriles is 1. The molecule has 0 spiro atoms. The number of benzene rings is 2. The lowest BCUT2D eigenvalue weighted by molar-refractivity contribution is 0.0866. The van der Waals surface area contributed by atoms with Gasteiger partial charge >= 0.3 is 0 Å². The van der Waals surface area contributed by atoms with E-state index < -0.39 is 5.82 Å². The van der Waals surface area contributed by atoms with Crippen LogP contribution in [0.4, 0.5) is 15.8 Å². The number of pyridine rings is 2. The van der Waals surface area contributed by atoms with E-state index in [1.54, 1.807) is 6.07 Å². The lowest BCUT2D eigenvalue weighted by Gasteiger charge is -2.40. The van der Waals surface area contributed by atoms with Gasteiger partial charge in [-0.05, 0) is 95.3 Å². The van der Waals surface area contributed by atoms with Crippen LogP contribution >= 0.6 is 23.2 Å². The Morgan fingerprint density at radius 2 is 1.82 bits per heavy atom. The second-order valence-corrected chi connectivity index (χ2v) is 14.6. The molecule has 1 N–H and O–H groups in total. The van der Waals surface area contributed by atoms with Gasteiger partial charge in [0.05, 0.1) is 44.7 Å². The Balaban J connectivity index is 1.37. The van der Waals surface area contributed by atoms with Crippen molar-refractivity contribution in [2.24, 2.45) is 0 Å². The number of halogens is 3. The van der Waals surface area contributed by atoms with Crippen molar-refractivity contribution in [3.05, 3.63) is 99.3 Å². The zero-order valence-corrected chi connectivity index (χ0v) is 29.7. The van der Waals surface area contributed by atoms with Gasteiger partial charge in [-0.1, -0.05) is 34.5 Å². The molecule has 0 amide bonds. The lowest BCUT2D eigenvalue weighted by atomic mass is 9.89. The third kappa shape index (κ3) is 7.80. The first-order valence-electron chi connectivity index (χ1n) is 16.4. The molecule has 0 unspecified atom stereocenters. The number of anilines is 2. The number of nitrogens with one attached hydrogen (secondary N) is 1. The van der Waals surface area contributed by atoms with E-state index in [9.17, 15) is 9.65 Å². The minimum atomic E-state index is -0.533. The highest BCUT2D eigenvalue weighted by Gasteiger charge is 2.29. The molecule has 0 aliphatic carbocycles. The van der Waals surface area contributed by atoms with Crippen molar-refractivity contribution in [3.63, 3.8) is 0 Å². The molecule has 2 aromatic carbocycles. The molecule has 1 aliphatic heterocycles. The molecule has 0 radical (unpaired) electrons. The molecule has 49 heavy (non-hydrogen) atoms. The predicted octanol–water partition coefficient (Wildman–Crippen LogP) is 8.88. The number of piperidine rings is 1. The summed E-state index contributed by atoms with van der Waals surface area (Å²) < 4.78 is 21.8. The molecular weight excluding hydrogens is 662 g/mol. The zero-order valence-electron chi connectivity index (χ0n) is 28.2. The van der Waals surface area contributed by atoms with Crippen LogP contribution in [0.15, 0.2) is 61.1 Å². The average molecular weight is 702 g/mol. The van der Waals surface area contributed by atoms with Gasteiger partial charge in [0.25, 0.3) is 0 Å². The van der Waals surface area contributed by atoms with E-state index in [1.807, 2.05) is 49.0 Å². The smallest absolute Gasteiger partial charge is 0.213 e. The molecule has 1 fully saturated rings. The number of aromatic nitrogens is 5. The van der Waals surface area contributed by atoms with Crippen LogP contribution in [0.5, 0.6) is 5.88 Å². The van der Waals surface area contributed by atoms with Crippen LogP contribution in [0.1, 0.15) is 81.8 Å². The highest BCUT2D eigenvalue weighted by atomic mass is 35.5. The first-order chi connectivity index (χ1) is 23.4. The highest BCUT2D eigenvalue weighted by molar-refractivity contribution is 6.35. The van der Waals surface area contributed by atoms with Gasteiger partial charge in [-0.25, -0.2) is 14.1 Å². The van der Waals surface area contributed by atoms with Crippen molar-refractivity contribution in [2.75, 3.05) is 18.4 Å². The summed E-state index contributed by atoms with van der Waals surface area (Å²) in [5.74, 6) is -0.196. The summed E-state index contributed by atoms with van der Waals surface area (Å²) in [7, 11) is 0. The van der Waals surface area contributed by atoms with Gasteiger partial charge in [0.1, 0.15) is 11.9 Å². The number of likely N-dealkylation sites (tertiary alicyclic amines) is 1. The number of hydrogen-bond donors (Lipinski definition) is 1. The van der Waals surface area contributed by atoms with E-state index in [0.29, 0.717) is 45.2 Å². The standard InChI is InChI=1S/C37H39Cl2FN8O/c1-22(2)49-34-9-6-24(19-42-34)28(33-21-48(46-45-33)27-10-12-47(13-11-27)37(3,4)5)14-23-15-29-35(44-26-7-8-32(40)30(38)17-26)25(18-41)20-43-36(29)31(39)16-23/h6-9,15-17,19-22,27-28H,10-14H2,1-5H3,(H,43,44)/t28-/m0/s1. The van der Waals surface area contributed by atoms with Crippen molar-refractivity contribution in [2.45, 2.75) is 77.5 Å². The Kier molecular flexibility index (Phi) is 10.1. The Hall–Kier alpha value is -4.30. The molecule has 5 aromatic rings. The van der Waals surface area contributed by atoms with Crippen LogP contribution in [0.3, 0.4) is 0 Å². The van der Waals surface area contributed by atoms with Crippen LogP contribution in [0, 0.1) is 17.1 Å². The van der Waals surface area contributed by atoms with E-state index in [4.69, 9.17) is 33.0 Å². The number of rotatable bonds is 9. The van der Waals surface area contributed by atoms with E-state index >= 15 is 0 Å². The van der Waals surface area contributed by atoms with Gasteiger partial charge in [-0.3, -0.25) is 9.88 Å². The summed E-state index contributed by atoms with van der Waals surface area (Å²) in [5.41, 5.74) is 4.66. The van der Waals surface area contributed by atoms with Gasteiger partial charge in [0.15, 0.2) is 0 Å². The summed E-state index contributed by atoms with van der Waals surface area (Å²) in [6.07, 6.45) is 7.87. The first-order valence-corrected chi connectivity index (χ1v) is 17.2. The number of fused-ring (bicyclic) bond motifs is 1. The highest BCUT2D eigenvalue weighted by Crippen LogP contribution is 2.37. The van der Waals surface area contributed by atoms with Crippen LogP contribution in [0.25, 0.3) is 10.9 Å². The average Bonchev–Trinajstić information content (AvgIpc) is 3.56. The normalized spacial score (nSPS) is 15.0. The maximum absolute atomic E-state index is 13.9. The SMILES string of the molecule is CC(C)Oc1ccc([C@H](Cc2cc(Cl)c3ncc(C#N)c(Nc4ccc(F)c(Cl)c4)c3c2)c2cn(C3CCN(C(C)(C)C)CC3)nn2)cn1. The molecular formula is C37H39Cl2FN8O. The molecule has 254 valence electrons. The summed E-state index contributed by atoms with van der Waals surface area (Å²) in [6.45, 7) is 12.7. The topological polar surface area (TPSA) is 105 Å². The van der Waals surface area contributed by atoms with E-state index in [0.717, 1.165) is 42.8 Å². The van der Waals surface area contributed by atoms with Gasteiger partial charge in [0.2, 0.25) is 5.88 Å². The fraction of sp³-hybridized carbons (Fsp3) is 0.378. The minimum absolute atomic E-state index is 0.000797. The second kappa shape index (κ2) is 14.3. The Morgan fingerprint density at radius 3 is 2.47 bits per heavy atom. The molecule has 0 saturated carbocycles. The molecule has 1 aliphatic rings. The minimum Gasteiger partial charge on any atom is -0.475 e. The number of nitrogens with zero attached hydrogens (tertiary/aromatic N) is 7. The van der Waals surface area contributed by atoms with Crippen molar-refractivity contribution in [1.82, 2.24) is 29.9 Å². The Morgan fingerprint density at radius 1 is 1.04 bits per heavy atom. The second-order valence-electron chi connectivity index (χ2n) is 13.8. The van der Waals surface area contributed by atoms with E-state index in [-0.39, 0.29) is 28.6 Å². The molecule has 4 heterocycles. The molecule has 1 saturated heterocycles. The quantitative estimate of drug-likeness (QED) is 0.163. The summed E-state index contributed by atoms with van der Waals surface area (Å²) in [5, 5.41) is 23.6. The first kappa shape index (κ1) is 34.6. The molecule has 0 bridgehead atoms. The van der Waals surface area contributed by atoms with Crippen molar-refractivity contribution < 1.29 is 9.13 Å². The van der Waals surface area contributed by atoms with Crippen LogP contribution in [-0.2, 0) is 6.42 Å². The van der Waals surface area contributed by atoms with Crippen LogP contribution in [-0.4, -0.2) is 54.6 Å². The number of ether oxygens (including phenoxy) is 1. The van der Waals surface area contributed by atoms with E-state index in [2.05, 4.69) is 58.4 Å². The maximum Gasteiger partial charge on any atom is 0.213 e. The van der Waals surface area contributed by atoms with Crippen molar-refractivity contribution >= 4 is 45.5 Å². The molecule has 6 rings (SSSR count). The largest absolute Gasteiger partial charge is 0.475 e. The fourth-order valence-electron chi connectivity index (χ4n) is 6.34.